The monoisotopic (exact) mass is 313 g/mol. The lowest BCUT2D eigenvalue weighted by molar-refractivity contribution is -0.00327. The molecule has 0 spiro atoms. The largest absolute Gasteiger partial charge is 0.381 e. The lowest BCUT2D eigenvalue weighted by atomic mass is 10.0. The highest BCUT2D eigenvalue weighted by Gasteiger charge is 2.31. The van der Waals surface area contributed by atoms with Crippen molar-refractivity contribution in [3.8, 4) is 0 Å². The summed E-state index contributed by atoms with van der Waals surface area (Å²) in [6.45, 7) is 4.96. The van der Waals surface area contributed by atoms with Gasteiger partial charge in [0, 0.05) is 20.2 Å². The molecular weight excluding hydrogens is 290 g/mol. The number of sulfonamides is 1. The lowest BCUT2D eigenvalue weighted by Crippen LogP contribution is -2.44. The van der Waals surface area contributed by atoms with Gasteiger partial charge in [-0.25, -0.2) is 8.42 Å². The Morgan fingerprint density at radius 3 is 2.81 bits per heavy atom. The van der Waals surface area contributed by atoms with Gasteiger partial charge in [-0.15, -0.1) is 0 Å². The highest BCUT2D eigenvalue weighted by molar-refractivity contribution is 7.89. The molecule has 1 heterocycles. The summed E-state index contributed by atoms with van der Waals surface area (Å²) in [6.07, 6.45) is -0.512. The SMILES string of the molecule is CO[C@@H](C)CS(=O)(=O)N1CCO[C@@H](c2ccccc2C)C1. The first-order valence-electron chi connectivity index (χ1n) is 7.12. The van der Waals surface area contributed by atoms with Crippen molar-refractivity contribution in [2.45, 2.75) is 26.1 Å². The molecule has 2 atom stereocenters. The predicted octanol–water partition coefficient (Wildman–Crippen LogP) is 1.73. The van der Waals surface area contributed by atoms with E-state index in [4.69, 9.17) is 9.47 Å². The van der Waals surface area contributed by atoms with Crippen molar-refractivity contribution in [3.63, 3.8) is 0 Å². The van der Waals surface area contributed by atoms with Crippen LogP contribution in [0.25, 0.3) is 0 Å². The number of ether oxygens (including phenoxy) is 2. The van der Waals surface area contributed by atoms with Crippen molar-refractivity contribution in [1.29, 1.82) is 0 Å². The Morgan fingerprint density at radius 2 is 2.14 bits per heavy atom. The van der Waals surface area contributed by atoms with E-state index in [2.05, 4.69) is 0 Å². The number of hydrogen-bond acceptors (Lipinski definition) is 4. The molecule has 6 heteroatoms. The third-order valence-electron chi connectivity index (χ3n) is 3.81. The molecular formula is C15H23NO4S. The van der Waals surface area contributed by atoms with Gasteiger partial charge >= 0.3 is 0 Å². The fourth-order valence-electron chi connectivity index (χ4n) is 2.48. The number of hydrogen-bond donors (Lipinski definition) is 0. The molecule has 0 bridgehead atoms. The van der Waals surface area contributed by atoms with E-state index >= 15 is 0 Å². The van der Waals surface area contributed by atoms with Gasteiger partial charge in [-0.2, -0.15) is 4.31 Å². The highest BCUT2D eigenvalue weighted by atomic mass is 32.2. The molecule has 0 aliphatic carbocycles. The van der Waals surface area contributed by atoms with Crippen molar-refractivity contribution < 1.29 is 17.9 Å². The second-order valence-corrected chi connectivity index (χ2v) is 7.41. The van der Waals surface area contributed by atoms with Gasteiger partial charge < -0.3 is 9.47 Å². The molecule has 0 saturated carbocycles. The number of benzene rings is 1. The molecule has 1 saturated heterocycles. The summed E-state index contributed by atoms with van der Waals surface area (Å²) in [5, 5.41) is 0. The van der Waals surface area contributed by atoms with Crippen molar-refractivity contribution in [1.82, 2.24) is 4.31 Å². The van der Waals surface area contributed by atoms with E-state index < -0.39 is 10.0 Å². The maximum atomic E-state index is 12.4. The predicted molar refractivity (Wildman–Crippen MR) is 81.7 cm³/mol. The zero-order chi connectivity index (χ0) is 15.5. The number of methoxy groups -OCH3 is 1. The number of aryl methyl sites for hydroxylation is 1. The second-order valence-electron chi connectivity index (χ2n) is 5.40. The van der Waals surface area contributed by atoms with Crippen molar-refractivity contribution in [2.75, 3.05) is 32.6 Å². The Morgan fingerprint density at radius 1 is 1.43 bits per heavy atom. The summed E-state index contributed by atoms with van der Waals surface area (Å²) >= 11 is 0. The summed E-state index contributed by atoms with van der Waals surface area (Å²) in [5.41, 5.74) is 2.17. The third-order valence-corrected chi connectivity index (χ3v) is 5.81. The van der Waals surface area contributed by atoms with Crippen LogP contribution < -0.4 is 0 Å². The van der Waals surface area contributed by atoms with E-state index in [9.17, 15) is 8.42 Å². The fraction of sp³-hybridized carbons (Fsp3) is 0.600. The van der Waals surface area contributed by atoms with Crippen molar-refractivity contribution >= 4 is 10.0 Å². The molecule has 1 aromatic carbocycles. The van der Waals surface area contributed by atoms with E-state index in [1.807, 2.05) is 31.2 Å². The van der Waals surface area contributed by atoms with Gasteiger partial charge in [-0.05, 0) is 25.0 Å². The van der Waals surface area contributed by atoms with Gasteiger partial charge in [-0.1, -0.05) is 24.3 Å². The summed E-state index contributed by atoms with van der Waals surface area (Å²) in [5.74, 6) is 0.00396. The van der Waals surface area contributed by atoms with E-state index in [1.54, 1.807) is 6.92 Å². The molecule has 1 aliphatic rings. The van der Waals surface area contributed by atoms with Gasteiger partial charge in [0.05, 0.1) is 24.6 Å². The van der Waals surface area contributed by atoms with Crippen LogP contribution in [-0.4, -0.2) is 51.4 Å². The quantitative estimate of drug-likeness (QED) is 0.831. The molecule has 2 rings (SSSR count). The molecule has 5 nitrogen and oxygen atoms in total. The van der Waals surface area contributed by atoms with Crippen molar-refractivity contribution in [3.05, 3.63) is 35.4 Å². The highest BCUT2D eigenvalue weighted by Crippen LogP contribution is 2.26. The summed E-state index contributed by atoms with van der Waals surface area (Å²) < 4.78 is 37.2. The summed E-state index contributed by atoms with van der Waals surface area (Å²) in [6, 6.07) is 7.93. The Bertz CT molecular complexity index is 573. The Hall–Kier alpha value is -0.950. The van der Waals surface area contributed by atoms with Crippen LogP contribution in [0.3, 0.4) is 0 Å². The van der Waals surface area contributed by atoms with Gasteiger partial charge in [0.25, 0.3) is 0 Å². The van der Waals surface area contributed by atoms with Crippen LogP contribution in [-0.2, 0) is 19.5 Å². The number of nitrogens with zero attached hydrogens (tertiary/aromatic N) is 1. The van der Waals surface area contributed by atoms with E-state index in [0.29, 0.717) is 19.7 Å². The zero-order valence-electron chi connectivity index (χ0n) is 12.8. The minimum absolute atomic E-state index is 0.00396. The first-order valence-corrected chi connectivity index (χ1v) is 8.72. The minimum Gasteiger partial charge on any atom is -0.381 e. The summed E-state index contributed by atoms with van der Waals surface area (Å²) in [4.78, 5) is 0. The Balaban J connectivity index is 2.12. The normalized spacial score (nSPS) is 22.1. The molecule has 0 amide bonds. The molecule has 0 N–H and O–H groups in total. The molecule has 1 aromatic rings. The van der Waals surface area contributed by atoms with Crippen LogP contribution in [0.15, 0.2) is 24.3 Å². The molecule has 118 valence electrons. The molecule has 1 aliphatic heterocycles. The van der Waals surface area contributed by atoms with Gasteiger partial charge in [0.1, 0.15) is 0 Å². The first kappa shape index (κ1) is 16.4. The average molecular weight is 313 g/mol. The zero-order valence-corrected chi connectivity index (χ0v) is 13.6. The average Bonchev–Trinajstić information content (AvgIpc) is 2.47. The topological polar surface area (TPSA) is 55.8 Å². The van der Waals surface area contributed by atoms with E-state index in [1.165, 1.54) is 11.4 Å². The minimum atomic E-state index is -3.32. The summed E-state index contributed by atoms with van der Waals surface area (Å²) in [7, 11) is -1.80. The number of rotatable bonds is 5. The molecule has 21 heavy (non-hydrogen) atoms. The van der Waals surface area contributed by atoms with Crippen LogP contribution in [0, 0.1) is 6.92 Å². The lowest BCUT2D eigenvalue weighted by Gasteiger charge is -2.33. The van der Waals surface area contributed by atoms with Crippen LogP contribution in [0.4, 0.5) is 0 Å². The smallest absolute Gasteiger partial charge is 0.216 e. The number of morpholine rings is 1. The fourth-order valence-corrected chi connectivity index (χ4v) is 4.14. The van der Waals surface area contributed by atoms with Crippen LogP contribution >= 0.6 is 0 Å². The third kappa shape index (κ3) is 4.03. The Kier molecular flexibility index (Phi) is 5.37. The maximum Gasteiger partial charge on any atom is 0.216 e. The van der Waals surface area contributed by atoms with Gasteiger partial charge in [0.2, 0.25) is 10.0 Å². The van der Waals surface area contributed by atoms with Crippen LogP contribution in [0.1, 0.15) is 24.2 Å². The molecule has 0 unspecified atom stereocenters. The van der Waals surface area contributed by atoms with Crippen LogP contribution in [0.2, 0.25) is 0 Å². The van der Waals surface area contributed by atoms with Crippen molar-refractivity contribution in [2.24, 2.45) is 0 Å². The van der Waals surface area contributed by atoms with E-state index in [-0.39, 0.29) is 18.0 Å². The first-order chi connectivity index (χ1) is 9.94. The molecule has 1 fully saturated rings. The second kappa shape index (κ2) is 6.87. The molecule has 0 radical (unpaired) electrons. The van der Waals surface area contributed by atoms with Gasteiger partial charge in [0.15, 0.2) is 0 Å². The van der Waals surface area contributed by atoms with Crippen LogP contribution in [0.5, 0.6) is 0 Å². The maximum absolute atomic E-state index is 12.4. The Labute approximate surface area is 126 Å². The van der Waals surface area contributed by atoms with E-state index in [0.717, 1.165) is 11.1 Å². The standard InChI is InChI=1S/C15H23NO4S/c1-12-6-4-5-7-14(12)15-10-16(8-9-20-15)21(17,18)11-13(2)19-3/h4-7,13,15H,8-11H2,1-3H3/t13-,15+/m0/s1. The molecule has 0 aromatic heterocycles. The van der Waals surface area contributed by atoms with Gasteiger partial charge in [-0.3, -0.25) is 0 Å².